The van der Waals surface area contributed by atoms with Crippen LogP contribution in [0.25, 0.3) is 0 Å². The van der Waals surface area contributed by atoms with Crippen molar-refractivity contribution < 1.29 is 14.7 Å². The van der Waals surface area contributed by atoms with Crippen LogP contribution in [0.4, 0.5) is 0 Å². The number of hydrogen-bond acceptors (Lipinski definition) is 5. The Labute approximate surface area is 135 Å². The lowest BCUT2D eigenvalue weighted by atomic mass is 10.0. The molecule has 1 fully saturated rings. The van der Waals surface area contributed by atoms with E-state index in [-0.39, 0.29) is 29.3 Å². The van der Waals surface area contributed by atoms with Crippen LogP contribution >= 0.6 is 0 Å². The van der Waals surface area contributed by atoms with Crippen molar-refractivity contribution >= 4 is 11.8 Å². The second-order valence-corrected chi connectivity index (χ2v) is 6.14. The van der Waals surface area contributed by atoms with Crippen LogP contribution in [0, 0.1) is 11.8 Å². The Morgan fingerprint density at radius 2 is 2.17 bits per heavy atom. The maximum Gasteiger partial charge on any atom is 0.270 e. The summed E-state index contributed by atoms with van der Waals surface area (Å²) >= 11 is 0. The molecule has 3 unspecified atom stereocenters. The van der Waals surface area contributed by atoms with Crippen LogP contribution in [0.1, 0.15) is 24.3 Å². The molecule has 1 aromatic heterocycles. The van der Waals surface area contributed by atoms with E-state index in [9.17, 15) is 14.7 Å². The fourth-order valence-corrected chi connectivity index (χ4v) is 2.52. The van der Waals surface area contributed by atoms with E-state index in [0.717, 1.165) is 0 Å². The molecule has 1 saturated heterocycles. The molecular weight excluding hydrogens is 296 g/mol. The lowest BCUT2D eigenvalue weighted by Crippen LogP contribution is -2.51. The van der Waals surface area contributed by atoms with Crippen LogP contribution in [0.15, 0.2) is 24.4 Å². The van der Waals surface area contributed by atoms with Gasteiger partial charge in [0.25, 0.3) is 5.91 Å². The topological polar surface area (TPSA) is 103 Å². The highest BCUT2D eigenvalue weighted by Gasteiger charge is 2.28. The second kappa shape index (κ2) is 8.03. The number of rotatable bonds is 6. The summed E-state index contributed by atoms with van der Waals surface area (Å²) < 4.78 is 0. The van der Waals surface area contributed by atoms with Crippen LogP contribution in [0.3, 0.4) is 0 Å². The third kappa shape index (κ3) is 4.74. The van der Waals surface area contributed by atoms with Gasteiger partial charge in [0.1, 0.15) is 11.7 Å². The maximum absolute atomic E-state index is 12.4. The number of carbonyl (C=O) groups excluding carboxylic acids is 2. The van der Waals surface area contributed by atoms with Gasteiger partial charge >= 0.3 is 0 Å². The van der Waals surface area contributed by atoms with Crippen LogP contribution < -0.4 is 16.0 Å². The molecule has 3 atom stereocenters. The highest BCUT2D eigenvalue weighted by molar-refractivity contribution is 5.96. The van der Waals surface area contributed by atoms with Crippen molar-refractivity contribution in [2.75, 3.05) is 19.6 Å². The van der Waals surface area contributed by atoms with Gasteiger partial charge in [0.15, 0.2) is 0 Å². The van der Waals surface area contributed by atoms with E-state index >= 15 is 0 Å². The first kappa shape index (κ1) is 17.4. The fourth-order valence-electron chi connectivity index (χ4n) is 2.52. The third-order valence-corrected chi connectivity index (χ3v) is 3.98. The molecule has 0 bridgehead atoms. The number of β-amino-alcohol motifs (C(OH)–C–C–N with tert-alkyl or cyclic N) is 1. The summed E-state index contributed by atoms with van der Waals surface area (Å²) in [5.41, 5.74) is 0.279. The first-order valence-electron chi connectivity index (χ1n) is 7.87. The molecule has 1 aliphatic heterocycles. The third-order valence-electron chi connectivity index (χ3n) is 3.98. The van der Waals surface area contributed by atoms with Crippen molar-refractivity contribution in [1.29, 1.82) is 0 Å². The molecule has 0 aliphatic carbocycles. The maximum atomic E-state index is 12.4. The van der Waals surface area contributed by atoms with Gasteiger partial charge in [0.2, 0.25) is 5.91 Å². The number of pyridine rings is 1. The molecule has 2 amide bonds. The van der Waals surface area contributed by atoms with Gasteiger partial charge in [-0.1, -0.05) is 19.9 Å². The minimum atomic E-state index is -0.643. The Balaban J connectivity index is 1.92. The molecule has 1 aromatic rings. The van der Waals surface area contributed by atoms with Gasteiger partial charge in [0, 0.05) is 31.7 Å². The zero-order valence-corrected chi connectivity index (χ0v) is 13.5. The molecule has 2 rings (SSSR count). The molecular formula is C16H24N4O3. The normalized spacial score (nSPS) is 21.9. The van der Waals surface area contributed by atoms with Crippen LogP contribution in [0.5, 0.6) is 0 Å². The summed E-state index contributed by atoms with van der Waals surface area (Å²) in [6.45, 7) is 5.35. The number of aliphatic hydroxyl groups is 1. The van der Waals surface area contributed by atoms with Crippen molar-refractivity contribution in [3.8, 4) is 0 Å². The number of carbonyl (C=O) groups is 2. The average Bonchev–Trinajstić information content (AvgIpc) is 2.95. The van der Waals surface area contributed by atoms with Crippen molar-refractivity contribution in [1.82, 2.24) is 20.9 Å². The van der Waals surface area contributed by atoms with E-state index < -0.39 is 12.1 Å². The molecule has 7 nitrogen and oxygen atoms in total. The summed E-state index contributed by atoms with van der Waals surface area (Å²) in [4.78, 5) is 28.5. The Morgan fingerprint density at radius 1 is 1.39 bits per heavy atom. The predicted octanol–water partition coefficient (Wildman–Crippen LogP) is -0.467. The van der Waals surface area contributed by atoms with Crippen LogP contribution in [-0.2, 0) is 4.79 Å². The van der Waals surface area contributed by atoms with E-state index in [1.54, 1.807) is 18.2 Å². The molecule has 126 valence electrons. The van der Waals surface area contributed by atoms with E-state index in [2.05, 4.69) is 20.9 Å². The number of amides is 2. The van der Waals surface area contributed by atoms with E-state index in [1.807, 2.05) is 13.8 Å². The molecule has 0 spiro atoms. The van der Waals surface area contributed by atoms with Gasteiger partial charge in [-0.05, 0) is 18.1 Å². The SMILES string of the molecule is CC(C)C(NC(=O)c1ccccn1)C(=O)NCC1CNCC1O. The van der Waals surface area contributed by atoms with Crippen molar-refractivity contribution in [2.24, 2.45) is 11.8 Å². The highest BCUT2D eigenvalue weighted by Crippen LogP contribution is 2.08. The first-order chi connectivity index (χ1) is 11.0. The molecule has 1 aliphatic rings. The van der Waals surface area contributed by atoms with Crippen LogP contribution in [0.2, 0.25) is 0 Å². The van der Waals surface area contributed by atoms with Gasteiger partial charge in [0.05, 0.1) is 6.10 Å². The standard InChI is InChI=1S/C16H24N4O3/c1-10(2)14(20-15(22)12-5-3-4-6-18-12)16(23)19-8-11-7-17-9-13(11)21/h3-6,10-11,13-14,17,21H,7-9H2,1-2H3,(H,19,23)(H,20,22). The summed E-state index contributed by atoms with van der Waals surface area (Å²) in [7, 11) is 0. The molecule has 23 heavy (non-hydrogen) atoms. The molecule has 0 aromatic carbocycles. The number of hydrogen-bond donors (Lipinski definition) is 4. The molecule has 2 heterocycles. The molecule has 7 heteroatoms. The monoisotopic (exact) mass is 320 g/mol. The summed E-state index contributed by atoms with van der Waals surface area (Å²) in [6, 6.07) is 4.41. The second-order valence-electron chi connectivity index (χ2n) is 6.14. The van der Waals surface area contributed by atoms with Gasteiger partial charge in [-0.2, -0.15) is 0 Å². The Kier molecular flexibility index (Phi) is 6.06. The van der Waals surface area contributed by atoms with Crippen LogP contribution in [-0.4, -0.2) is 53.7 Å². The molecule has 0 saturated carbocycles. The first-order valence-corrected chi connectivity index (χ1v) is 7.87. The number of aromatic nitrogens is 1. The van der Waals surface area contributed by atoms with Gasteiger partial charge < -0.3 is 21.1 Å². The van der Waals surface area contributed by atoms with Gasteiger partial charge in [-0.25, -0.2) is 0 Å². The Hall–Kier alpha value is -1.99. The van der Waals surface area contributed by atoms with Gasteiger partial charge in [-0.15, -0.1) is 0 Å². The minimum Gasteiger partial charge on any atom is -0.391 e. The largest absolute Gasteiger partial charge is 0.391 e. The van der Waals surface area contributed by atoms with Crippen molar-refractivity contribution in [3.05, 3.63) is 30.1 Å². The predicted molar refractivity (Wildman–Crippen MR) is 85.7 cm³/mol. The summed E-state index contributed by atoms with van der Waals surface area (Å²) in [5.74, 6) is -0.682. The van der Waals surface area contributed by atoms with Crippen molar-refractivity contribution in [2.45, 2.75) is 26.0 Å². The number of nitrogens with zero attached hydrogens (tertiary/aromatic N) is 1. The van der Waals surface area contributed by atoms with E-state index in [0.29, 0.717) is 19.6 Å². The fraction of sp³-hybridized carbons (Fsp3) is 0.562. The van der Waals surface area contributed by atoms with Crippen molar-refractivity contribution in [3.63, 3.8) is 0 Å². The Bertz CT molecular complexity index is 535. The Morgan fingerprint density at radius 3 is 2.74 bits per heavy atom. The number of aliphatic hydroxyl groups excluding tert-OH is 1. The average molecular weight is 320 g/mol. The quantitative estimate of drug-likeness (QED) is 0.567. The zero-order valence-electron chi connectivity index (χ0n) is 13.5. The van der Waals surface area contributed by atoms with E-state index in [4.69, 9.17) is 0 Å². The summed E-state index contributed by atoms with van der Waals surface area (Å²) in [6.07, 6.45) is 1.09. The van der Waals surface area contributed by atoms with E-state index in [1.165, 1.54) is 6.20 Å². The zero-order chi connectivity index (χ0) is 16.8. The van der Waals surface area contributed by atoms with Gasteiger partial charge in [-0.3, -0.25) is 14.6 Å². The smallest absolute Gasteiger partial charge is 0.270 e. The lowest BCUT2D eigenvalue weighted by molar-refractivity contribution is -0.124. The summed E-state index contributed by atoms with van der Waals surface area (Å²) in [5, 5.41) is 18.4. The minimum absolute atomic E-state index is 0.00162. The number of nitrogens with one attached hydrogen (secondary N) is 3. The molecule has 0 radical (unpaired) electrons. The lowest BCUT2D eigenvalue weighted by Gasteiger charge is -2.23. The highest BCUT2D eigenvalue weighted by atomic mass is 16.3. The molecule has 4 N–H and O–H groups in total.